The lowest BCUT2D eigenvalue weighted by Crippen LogP contribution is -2.31. The molecular weight excluding hydrogens is 414 g/mol. The van der Waals surface area contributed by atoms with Gasteiger partial charge in [-0.05, 0) is 37.5 Å². The Morgan fingerprint density at radius 3 is 2.66 bits per heavy atom. The van der Waals surface area contributed by atoms with Crippen molar-refractivity contribution < 1.29 is 18.3 Å². The van der Waals surface area contributed by atoms with Crippen molar-refractivity contribution >= 4 is 39.3 Å². The van der Waals surface area contributed by atoms with E-state index in [2.05, 4.69) is 10.3 Å². The Bertz CT molecular complexity index is 1010. The van der Waals surface area contributed by atoms with Gasteiger partial charge in [0.1, 0.15) is 21.6 Å². The minimum Gasteiger partial charge on any atom is -0.347 e. The van der Waals surface area contributed by atoms with Gasteiger partial charge in [0.25, 0.3) is 0 Å². The number of hydrogen-bond acceptors (Lipinski definition) is 5. The number of fused-ring (bicyclic) bond motifs is 3. The van der Waals surface area contributed by atoms with Gasteiger partial charge < -0.3 is 14.8 Å². The van der Waals surface area contributed by atoms with Crippen LogP contribution in [0.2, 0.25) is 0 Å². The van der Waals surface area contributed by atoms with Crippen LogP contribution in [0.3, 0.4) is 0 Å². The Morgan fingerprint density at radius 1 is 1.21 bits per heavy atom. The number of benzene rings is 1. The summed E-state index contributed by atoms with van der Waals surface area (Å²) in [6, 6.07) is 3.52. The summed E-state index contributed by atoms with van der Waals surface area (Å²) < 4.78 is 41.4. The summed E-state index contributed by atoms with van der Waals surface area (Å²) in [5.74, 6) is -1.84. The van der Waals surface area contributed by atoms with Crippen LogP contribution in [0.5, 0.6) is 0 Å². The summed E-state index contributed by atoms with van der Waals surface area (Å²) in [6.45, 7) is 3.01. The van der Waals surface area contributed by atoms with Crippen LogP contribution >= 0.6 is 23.6 Å². The smallest absolute Gasteiger partial charge is 0.173 e. The molecule has 3 heterocycles. The molecule has 29 heavy (non-hydrogen) atoms. The molecule has 3 aliphatic rings. The van der Waals surface area contributed by atoms with Gasteiger partial charge in [-0.3, -0.25) is 4.99 Å². The second kappa shape index (κ2) is 7.19. The number of nitrogens with one attached hydrogen (secondary N) is 1. The molecule has 1 saturated heterocycles. The van der Waals surface area contributed by atoms with E-state index in [0.717, 1.165) is 40.3 Å². The van der Waals surface area contributed by atoms with Crippen molar-refractivity contribution in [2.45, 2.75) is 44.4 Å². The Hall–Kier alpha value is -1.74. The largest absolute Gasteiger partial charge is 0.347 e. The molecule has 152 valence electrons. The third-order valence-corrected chi connectivity index (χ3v) is 7.28. The van der Waals surface area contributed by atoms with E-state index in [1.807, 2.05) is 6.92 Å². The first kappa shape index (κ1) is 19.2. The maximum absolute atomic E-state index is 14.7. The summed E-state index contributed by atoms with van der Waals surface area (Å²) in [7, 11) is 0. The van der Waals surface area contributed by atoms with E-state index in [4.69, 9.17) is 21.7 Å². The zero-order chi connectivity index (χ0) is 20.2. The fraction of sp³-hybridized carbons (Fsp3) is 0.429. The number of aliphatic imine (C=N–C) groups is 1. The quantitative estimate of drug-likeness (QED) is 0.665. The predicted octanol–water partition coefficient (Wildman–Crippen LogP) is 4.63. The van der Waals surface area contributed by atoms with Crippen LogP contribution < -0.4 is 5.32 Å². The topological polar surface area (TPSA) is 42.9 Å². The molecule has 1 aliphatic carbocycles. The first-order valence-corrected chi connectivity index (χ1v) is 11.0. The summed E-state index contributed by atoms with van der Waals surface area (Å²) in [5, 5.41) is 4.07. The molecule has 0 unspecified atom stereocenters. The lowest BCUT2D eigenvalue weighted by Gasteiger charge is -2.25. The first-order valence-electron chi connectivity index (χ1n) is 9.73. The van der Waals surface area contributed by atoms with Crippen molar-refractivity contribution in [1.29, 1.82) is 0 Å². The Labute approximate surface area is 176 Å². The van der Waals surface area contributed by atoms with Crippen molar-refractivity contribution in [3.63, 3.8) is 0 Å². The summed E-state index contributed by atoms with van der Waals surface area (Å²) >= 11 is 7.04. The minimum atomic E-state index is -0.623. The average Bonchev–Trinajstić information content (AvgIpc) is 3.17. The Kier molecular flexibility index (Phi) is 4.77. The molecule has 5 rings (SSSR count). The molecule has 4 nitrogen and oxygen atoms in total. The van der Waals surface area contributed by atoms with E-state index in [9.17, 15) is 8.78 Å². The normalized spacial score (nSPS) is 23.1. The number of nitrogens with zero attached hydrogens (tertiary/aromatic N) is 1. The van der Waals surface area contributed by atoms with E-state index < -0.39 is 17.4 Å². The first-order chi connectivity index (χ1) is 14.0. The van der Waals surface area contributed by atoms with Crippen LogP contribution in [0.1, 0.15) is 41.3 Å². The highest BCUT2D eigenvalue weighted by atomic mass is 32.1. The third-order valence-electron chi connectivity index (χ3n) is 5.69. The molecule has 2 aromatic rings. The molecule has 1 aromatic heterocycles. The highest BCUT2D eigenvalue weighted by Gasteiger charge is 2.41. The molecule has 8 heteroatoms. The number of ether oxygens (including phenoxy) is 2. The standard InChI is InChI=1S/C21H20F2N2O2S2/c1-11-19(28)25-20-16(18(24-11)17-13(22)5-2-6-14(17)23)12-4-3-7-21(10-15(12)29-20)26-8-9-27-21/h2,5-6,11H,3-4,7-10H2,1H3,(H,25,28)/t11-/m0/s1. The van der Waals surface area contributed by atoms with Gasteiger partial charge in [0, 0.05) is 23.3 Å². The minimum absolute atomic E-state index is 0.0972. The molecule has 0 saturated carbocycles. The predicted molar refractivity (Wildman–Crippen MR) is 113 cm³/mol. The summed E-state index contributed by atoms with van der Waals surface area (Å²) in [4.78, 5) is 6.31. The molecule has 0 amide bonds. The van der Waals surface area contributed by atoms with Gasteiger partial charge in [0.15, 0.2) is 5.79 Å². The molecule has 1 N–H and O–H groups in total. The molecule has 1 atom stereocenters. The van der Waals surface area contributed by atoms with E-state index >= 15 is 0 Å². The zero-order valence-corrected chi connectivity index (χ0v) is 17.5. The van der Waals surface area contributed by atoms with E-state index in [0.29, 0.717) is 30.3 Å². The highest BCUT2D eigenvalue weighted by molar-refractivity contribution is 7.80. The second-order valence-electron chi connectivity index (χ2n) is 7.59. The molecule has 2 aliphatic heterocycles. The van der Waals surface area contributed by atoms with E-state index in [-0.39, 0.29) is 11.6 Å². The number of halogens is 2. The van der Waals surface area contributed by atoms with Crippen molar-refractivity contribution in [3.8, 4) is 0 Å². The highest BCUT2D eigenvalue weighted by Crippen LogP contribution is 2.44. The number of thiophene rings is 1. The third kappa shape index (κ3) is 3.22. The monoisotopic (exact) mass is 434 g/mol. The van der Waals surface area contributed by atoms with Crippen molar-refractivity contribution in [3.05, 3.63) is 51.4 Å². The lowest BCUT2D eigenvalue weighted by molar-refractivity contribution is -0.159. The van der Waals surface area contributed by atoms with Crippen LogP contribution in [0, 0.1) is 11.6 Å². The van der Waals surface area contributed by atoms with Crippen LogP contribution in [0.15, 0.2) is 23.2 Å². The molecular formula is C21H20F2N2O2S2. The van der Waals surface area contributed by atoms with Crippen LogP contribution in [-0.4, -0.2) is 35.7 Å². The van der Waals surface area contributed by atoms with E-state index in [1.54, 1.807) is 11.3 Å². The van der Waals surface area contributed by atoms with Gasteiger partial charge in [0.2, 0.25) is 0 Å². The Balaban J connectivity index is 1.71. The van der Waals surface area contributed by atoms with Gasteiger partial charge in [-0.15, -0.1) is 11.3 Å². The van der Waals surface area contributed by atoms with Crippen molar-refractivity contribution in [2.75, 3.05) is 18.5 Å². The fourth-order valence-electron chi connectivity index (χ4n) is 4.32. The van der Waals surface area contributed by atoms with Gasteiger partial charge >= 0.3 is 0 Å². The summed E-state index contributed by atoms with van der Waals surface area (Å²) in [6.07, 6.45) is 3.06. The molecule has 1 spiro atoms. The molecule has 1 aromatic carbocycles. The zero-order valence-electron chi connectivity index (χ0n) is 15.9. The molecule has 0 radical (unpaired) electrons. The molecule has 0 bridgehead atoms. The fourth-order valence-corrected chi connectivity index (χ4v) is 5.88. The van der Waals surface area contributed by atoms with Crippen LogP contribution in [0.25, 0.3) is 0 Å². The maximum atomic E-state index is 14.7. The second-order valence-corrected chi connectivity index (χ2v) is 9.13. The number of hydrogen-bond donors (Lipinski definition) is 1. The SMILES string of the molecule is C[C@@H]1N=C(c2c(F)cccc2F)c2c(sc3c2CCCC2(C3)OCCO2)NC1=S. The average molecular weight is 435 g/mol. The Morgan fingerprint density at radius 2 is 1.93 bits per heavy atom. The van der Waals surface area contributed by atoms with Gasteiger partial charge in [-0.2, -0.15) is 0 Å². The van der Waals surface area contributed by atoms with Gasteiger partial charge in [-0.25, -0.2) is 8.78 Å². The number of rotatable bonds is 1. The van der Waals surface area contributed by atoms with E-state index in [1.165, 1.54) is 18.2 Å². The maximum Gasteiger partial charge on any atom is 0.173 e. The van der Waals surface area contributed by atoms with Crippen LogP contribution in [-0.2, 0) is 22.3 Å². The van der Waals surface area contributed by atoms with Crippen molar-refractivity contribution in [2.24, 2.45) is 4.99 Å². The number of anilines is 1. The van der Waals surface area contributed by atoms with Crippen molar-refractivity contribution in [1.82, 2.24) is 0 Å². The van der Waals surface area contributed by atoms with Crippen LogP contribution in [0.4, 0.5) is 13.8 Å². The molecule has 1 fully saturated rings. The van der Waals surface area contributed by atoms with Gasteiger partial charge in [0.05, 0.1) is 30.5 Å². The number of thiocarbonyl (C=S) groups is 1. The summed E-state index contributed by atoms with van der Waals surface area (Å²) in [5.41, 5.74) is 2.06. The lowest BCUT2D eigenvalue weighted by atomic mass is 9.96. The van der Waals surface area contributed by atoms with Gasteiger partial charge in [-0.1, -0.05) is 18.3 Å².